The lowest BCUT2D eigenvalue weighted by Crippen LogP contribution is -2.56. The van der Waals surface area contributed by atoms with E-state index in [0.717, 1.165) is 31.4 Å². The number of aliphatic carboxylic acids is 1. The second kappa shape index (κ2) is 7.26. The molecule has 4 saturated carbocycles. The maximum Gasteiger partial charge on any atom is 0.334 e. The van der Waals surface area contributed by atoms with Gasteiger partial charge in [0.25, 0.3) is 0 Å². The van der Waals surface area contributed by atoms with Crippen LogP contribution in [0.4, 0.5) is 0 Å². The summed E-state index contributed by atoms with van der Waals surface area (Å²) >= 11 is 0. The van der Waals surface area contributed by atoms with Gasteiger partial charge in [-0.25, -0.2) is 4.79 Å². The lowest BCUT2D eigenvalue weighted by molar-refractivity contribution is -0.157. The molecule has 0 bridgehead atoms. The van der Waals surface area contributed by atoms with Gasteiger partial charge in [-0.15, -0.1) is 0 Å². The number of hydrogen-bond acceptors (Lipinski definition) is 4. The molecule has 4 aliphatic carbocycles. The van der Waals surface area contributed by atoms with Crippen molar-refractivity contribution in [1.29, 1.82) is 0 Å². The molecule has 1 N–H and O–H groups in total. The molecule has 0 aromatic carbocycles. The molecule has 5 fully saturated rings. The Kier molecular flexibility index (Phi) is 4.85. The monoisotopic (exact) mass is 480 g/mol. The maximum absolute atomic E-state index is 12.6. The van der Waals surface area contributed by atoms with E-state index in [2.05, 4.69) is 40.3 Å². The summed E-state index contributed by atoms with van der Waals surface area (Å²) < 4.78 is 11.8. The second-order valence-corrected chi connectivity index (χ2v) is 13.4. The Balaban J connectivity index is 1.33. The van der Waals surface area contributed by atoms with E-state index in [9.17, 15) is 14.7 Å². The van der Waals surface area contributed by atoms with Crippen molar-refractivity contribution in [1.82, 2.24) is 0 Å². The van der Waals surface area contributed by atoms with Crippen molar-refractivity contribution in [2.24, 2.45) is 45.3 Å². The van der Waals surface area contributed by atoms with E-state index < -0.39 is 5.97 Å². The van der Waals surface area contributed by atoms with Gasteiger partial charge in [-0.1, -0.05) is 27.4 Å². The van der Waals surface area contributed by atoms with Crippen LogP contribution in [0.3, 0.4) is 0 Å². The molecule has 0 radical (unpaired) electrons. The maximum atomic E-state index is 12.6. The van der Waals surface area contributed by atoms with Crippen LogP contribution in [0.15, 0.2) is 28.9 Å². The van der Waals surface area contributed by atoms with Gasteiger partial charge in [0.1, 0.15) is 11.9 Å². The van der Waals surface area contributed by atoms with Crippen LogP contribution in [-0.4, -0.2) is 23.1 Å². The van der Waals surface area contributed by atoms with E-state index in [4.69, 9.17) is 9.15 Å². The predicted octanol–water partition coefficient (Wildman–Crippen LogP) is 6.34. The largest absolute Gasteiger partial charge is 0.481 e. The Hall–Kier alpha value is -2.04. The van der Waals surface area contributed by atoms with Gasteiger partial charge in [-0.2, -0.15) is 0 Å². The highest BCUT2D eigenvalue weighted by atomic mass is 16.6. The van der Waals surface area contributed by atoms with Crippen LogP contribution in [0.25, 0.3) is 0 Å². The van der Waals surface area contributed by atoms with Crippen molar-refractivity contribution in [3.05, 3.63) is 35.8 Å². The second-order valence-electron chi connectivity index (χ2n) is 13.4. The van der Waals surface area contributed by atoms with E-state index in [-0.39, 0.29) is 46.1 Å². The van der Waals surface area contributed by atoms with Crippen molar-refractivity contribution in [3.8, 4) is 0 Å². The summed E-state index contributed by atoms with van der Waals surface area (Å²) in [5, 5.41) is 9.56. The van der Waals surface area contributed by atoms with Crippen molar-refractivity contribution in [3.63, 3.8) is 0 Å². The van der Waals surface area contributed by atoms with Crippen LogP contribution in [0.1, 0.15) is 83.5 Å². The molecular weight excluding hydrogens is 440 g/mol. The minimum absolute atomic E-state index is 0.00290. The van der Waals surface area contributed by atoms with Crippen molar-refractivity contribution < 1.29 is 23.8 Å². The summed E-state index contributed by atoms with van der Waals surface area (Å²) in [6, 6.07) is 2.17. The minimum Gasteiger partial charge on any atom is -0.481 e. The molecule has 2 heterocycles. The summed E-state index contributed by atoms with van der Waals surface area (Å²) in [5.41, 5.74) is 2.16. The molecule has 9 unspecified atom stereocenters. The van der Waals surface area contributed by atoms with Crippen LogP contribution < -0.4 is 0 Å². The fraction of sp³-hybridized carbons (Fsp3) is 0.733. The van der Waals surface area contributed by atoms with E-state index in [1.807, 2.05) is 6.26 Å². The Labute approximate surface area is 208 Å². The fourth-order valence-corrected chi connectivity index (χ4v) is 10.6. The summed E-state index contributed by atoms with van der Waals surface area (Å²) in [6.07, 6.45) is 10.2. The number of carbonyl (C=O) groups excluding carboxylic acids is 1. The molecule has 5 aliphatic rings. The highest BCUT2D eigenvalue weighted by Crippen LogP contribution is 2.88. The Bertz CT molecular complexity index is 1100. The number of aryl methyl sites for hydroxylation is 1. The highest BCUT2D eigenvalue weighted by Gasteiger charge is 2.83. The number of furan rings is 1. The van der Waals surface area contributed by atoms with E-state index >= 15 is 0 Å². The van der Waals surface area contributed by atoms with Gasteiger partial charge in [-0.3, -0.25) is 4.79 Å². The fourth-order valence-electron chi connectivity index (χ4n) is 10.6. The molecule has 190 valence electrons. The molecule has 9 atom stereocenters. The first-order valence-electron chi connectivity index (χ1n) is 13.6. The highest BCUT2D eigenvalue weighted by molar-refractivity contribution is 5.91. The third-order valence-corrected chi connectivity index (χ3v) is 12.2. The minimum atomic E-state index is -0.745. The van der Waals surface area contributed by atoms with Gasteiger partial charge in [-0.05, 0) is 103 Å². The number of carbonyl (C=O) groups is 2. The van der Waals surface area contributed by atoms with Crippen LogP contribution in [0.2, 0.25) is 0 Å². The molecule has 1 aliphatic heterocycles. The van der Waals surface area contributed by atoms with E-state index in [1.165, 1.54) is 24.8 Å². The van der Waals surface area contributed by atoms with Crippen molar-refractivity contribution in [2.75, 3.05) is 0 Å². The predicted molar refractivity (Wildman–Crippen MR) is 131 cm³/mol. The van der Waals surface area contributed by atoms with Crippen LogP contribution >= 0.6 is 0 Å². The van der Waals surface area contributed by atoms with Gasteiger partial charge in [0.05, 0.1) is 6.26 Å². The first-order valence-corrected chi connectivity index (χ1v) is 13.6. The molecule has 0 amide bonds. The number of fused-ring (bicyclic) bond motifs is 4. The normalized spacial score (nSPS) is 46.3. The number of carboxylic acid groups (broad SMARTS) is 1. The standard InChI is InChI=1S/C30H40O5/c1-17-12-20(34-15-17)13-18(2)21-6-8-28(5)23-14-22-25(19(3)26(33)35-22)30(9-7-24(31)32)16-29(23,30)11-10-27(21,28)4/h12,15,18,21-23,25H,3,6-11,13-14,16H2,1-2,4-5H3,(H,31,32). The zero-order valence-electron chi connectivity index (χ0n) is 21.7. The van der Waals surface area contributed by atoms with Crippen LogP contribution in [0, 0.1) is 52.3 Å². The average molecular weight is 481 g/mol. The SMILES string of the molecule is C=C1C(=O)OC2CC3C4(C)CCC(C(C)Cc5cc(C)co5)C4(C)CCC34CC4(CCC(=O)O)C12. The zero-order chi connectivity index (χ0) is 25.0. The molecule has 1 spiro atoms. The lowest BCUT2D eigenvalue weighted by Gasteiger charge is -2.61. The van der Waals surface area contributed by atoms with Gasteiger partial charge >= 0.3 is 11.9 Å². The molecule has 1 aromatic rings. The number of esters is 1. The van der Waals surface area contributed by atoms with Crippen molar-refractivity contribution in [2.45, 2.75) is 91.6 Å². The van der Waals surface area contributed by atoms with Crippen LogP contribution in [-0.2, 0) is 20.7 Å². The van der Waals surface area contributed by atoms with Gasteiger partial charge in [0, 0.05) is 24.3 Å². The summed E-state index contributed by atoms with van der Waals surface area (Å²) in [4.78, 5) is 24.3. The quantitative estimate of drug-likeness (QED) is 0.380. The average Bonchev–Trinajstić information content (AvgIpc) is 2.95. The summed E-state index contributed by atoms with van der Waals surface area (Å²) in [5.74, 6) is 1.72. The van der Waals surface area contributed by atoms with E-state index in [1.54, 1.807) is 0 Å². The third-order valence-electron chi connectivity index (χ3n) is 12.2. The van der Waals surface area contributed by atoms with E-state index in [0.29, 0.717) is 29.7 Å². The Morgan fingerprint density at radius 2 is 2.03 bits per heavy atom. The zero-order valence-corrected chi connectivity index (χ0v) is 21.7. The number of ether oxygens (including phenoxy) is 1. The topological polar surface area (TPSA) is 76.7 Å². The number of hydrogen-bond donors (Lipinski definition) is 1. The molecule has 1 aromatic heterocycles. The third kappa shape index (κ3) is 2.87. The molecule has 5 nitrogen and oxygen atoms in total. The molecule has 6 rings (SSSR count). The van der Waals surface area contributed by atoms with Crippen molar-refractivity contribution >= 4 is 11.9 Å². The summed E-state index contributed by atoms with van der Waals surface area (Å²) in [6.45, 7) is 13.7. The number of carboxylic acids is 1. The first kappa shape index (κ1) is 23.4. The Morgan fingerprint density at radius 3 is 2.71 bits per heavy atom. The van der Waals surface area contributed by atoms with Gasteiger partial charge < -0.3 is 14.3 Å². The molecule has 5 heteroatoms. The first-order chi connectivity index (χ1) is 16.5. The van der Waals surface area contributed by atoms with Crippen LogP contribution in [0.5, 0.6) is 0 Å². The smallest absolute Gasteiger partial charge is 0.334 e. The molecule has 35 heavy (non-hydrogen) atoms. The van der Waals surface area contributed by atoms with Gasteiger partial charge in [0.2, 0.25) is 0 Å². The molecule has 1 saturated heterocycles. The number of rotatable bonds is 6. The lowest BCUT2D eigenvalue weighted by atomic mass is 9.43. The van der Waals surface area contributed by atoms with Gasteiger partial charge in [0.15, 0.2) is 0 Å². The summed E-state index contributed by atoms with van der Waals surface area (Å²) in [7, 11) is 0. The molecular formula is C30H40O5. The Morgan fingerprint density at radius 1 is 1.26 bits per heavy atom.